The highest BCUT2D eigenvalue weighted by Gasteiger charge is 2.19. The molecule has 1 heterocycles. The van der Waals surface area contributed by atoms with Crippen molar-refractivity contribution in [3.05, 3.63) is 11.9 Å². The first-order valence-corrected chi connectivity index (χ1v) is 4.99. The average Bonchev–Trinajstić information content (AvgIpc) is 2.27. The number of carbonyl (C=O) groups is 2. The SMILES string of the molecule is COc1ncnc(N(CC(=O)O)CC(=O)O)c1C. The second kappa shape index (κ2) is 5.80. The van der Waals surface area contributed by atoms with Crippen molar-refractivity contribution in [2.24, 2.45) is 0 Å². The molecule has 1 aromatic rings. The summed E-state index contributed by atoms with van der Waals surface area (Å²) in [5.41, 5.74) is 0.488. The molecule has 0 radical (unpaired) electrons. The molecule has 0 aliphatic carbocycles. The van der Waals surface area contributed by atoms with Crippen molar-refractivity contribution >= 4 is 17.8 Å². The van der Waals surface area contributed by atoms with E-state index in [1.807, 2.05) is 0 Å². The van der Waals surface area contributed by atoms with Crippen molar-refractivity contribution in [3.8, 4) is 5.88 Å². The third-order valence-corrected chi connectivity index (χ3v) is 2.16. The number of nitrogens with zero attached hydrogens (tertiary/aromatic N) is 3. The average molecular weight is 255 g/mol. The molecule has 0 unspecified atom stereocenters. The van der Waals surface area contributed by atoms with E-state index >= 15 is 0 Å². The summed E-state index contributed by atoms with van der Waals surface area (Å²) in [6, 6.07) is 0. The van der Waals surface area contributed by atoms with Gasteiger partial charge in [0.15, 0.2) is 0 Å². The smallest absolute Gasteiger partial charge is 0.323 e. The minimum atomic E-state index is -1.15. The second-order valence-electron chi connectivity index (χ2n) is 3.48. The maximum Gasteiger partial charge on any atom is 0.323 e. The number of hydrogen-bond donors (Lipinski definition) is 2. The van der Waals surface area contributed by atoms with E-state index in [1.54, 1.807) is 6.92 Å². The Labute approximate surface area is 103 Å². The summed E-state index contributed by atoms with van der Waals surface area (Å²) in [6.45, 7) is 0.700. The third-order valence-electron chi connectivity index (χ3n) is 2.16. The first-order chi connectivity index (χ1) is 8.45. The zero-order valence-electron chi connectivity index (χ0n) is 9.95. The lowest BCUT2D eigenvalue weighted by atomic mass is 10.3. The summed E-state index contributed by atoms with van der Waals surface area (Å²) < 4.78 is 4.97. The van der Waals surface area contributed by atoms with E-state index in [4.69, 9.17) is 14.9 Å². The zero-order valence-corrected chi connectivity index (χ0v) is 9.95. The van der Waals surface area contributed by atoms with Gasteiger partial charge in [-0.1, -0.05) is 0 Å². The minimum absolute atomic E-state index is 0.228. The largest absolute Gasteiger partial charge is 0.481 e. The molecule has 18 heavy (non-hydrogen) atoms. The lowest BCUT2D eigenvalue weighted by Gasteiger charge is -2.21. The van der Waals surface area contributed by atoms with Crippen LogP contribution < -0.4 is 9.64 Å². The normalized spacial score (nSPS) is 9.89. The number of carboxylic acids is 2. The van der Waals surface area contributed by atoms with Crippen molar-refractivity contribution in [3.63, 3.8) is 0 Å². The number of aliphatic carboxylic acids is 2. The Morgan fingerprint density at radius 2 is 1.83 bits per heavy atom. The molecule has 0 saturated heterocycles. The van der Waals surface area contributed by atoms with Gasteiger partial charge in [-0.05, 0) is 6.92 Å². The highest BCUT2D eigenvalue weighted by molar-refractivity contribution is 5.79. The maximum absolute atomic E-state index is 10.7. The van der Waals surface area contributed by atoms with Crippen LogP contribution in [0.25, 0.3) is 0 Å². The van der Waals surface area contributed by atoms with Crippen LogP contribution in [0.5, 0.6) is 5.88 Å². The number of hydrogen-bond acceptors (Lipinski definition) is 6. The number of anilines is 1. The van der Waals surface area contributed by atoms with E-state index in [1.165, 1.54) is 13.4 Å². The Morgan fingerprint density at radius 1 is 1.28 bits per heavy atom. The van der Waals surface area contributed by atoms with Gasteiger partial charge in [-0.25, -0.2) is 9.97 Å². The zero-order chi connectivity index (χ0) is 13.7. The van der Waals surface area contributed by atoms with E-state index < -0.39 is 25.0 Å². The van der Waals surface area contributed by atoms with Crippen molar-refractivity contribution < 1.29 is 24.5 Å². The van der Waals surface area contributed by atoms with Crippen LogP contribution in [-0.2, 0) is 9.59 Å². The molecule has 0 aliphatic heterocycles. The summed E-state index contributed by atoms with van der Waals surface area (Å²) in [5, 5.41) is 17.5. The van der Waals surface area contributed by atoms with E-state index in [0.717, 1.165) is 4.90 Å². The molecule has 0 amide bonds. The van der Waals surface area contributed by atoms with Crippen molar-refractivity contribution in [2.75, 3.05) is 25.1 Å². The van der Waals surface area contributed by atoms with Gasteiger partial charge >= 0.3 is 11.9 Å². The molecule has 8 nitrogen and oxygen atoms in total. The maximum atomic E-state index is 10.7. The van der Waals surface area contributed by atoms with E-state index in [9.17, 15) is 9.59 Å². The molecule has 98 valence electrons. The van der Waals surface area contributed by atoms with Gasteiger partial charge in [0, 0.05) is 0 Å². The molecule has 0 aliphatic rings. The minimum Gasteiger partial charge on any atom is -0.481 e. The summed E-state index contributed by atoms with van der Waals surface area (Å²) in [6.07, 6.45) is 1.19. The second-order valence-corrected chi connectivity index (χ2v) is 3.48. The number of rotatable bonds is 6. The Balaban J connectivity index is 3.11. The van der Waals surface area contributed by atoms with Crippen molar-refractivity contribution in [1.82, 2.24) is 9.97 Å². The molecular weight excluding hydrogens is 242 g/mol. The predicted molar refractivity (Wildman–Crippen MR) is 60.8 cm³/mol. The summed E-state index contributed by atoms with van der Waals surface area (Å²) in [4.78, 5) is 30.3. The van der Waals surface area contributed by atoms with Crippen LogP contribution >= 0.6 is 0 Å². The quantitative estimate of drug-likeness (QED) is 0.716. The fourth-order valence-electron chi connectivity index (χ4n) is 1.48. The highest BCUT2D eigenvalue weighted by Crippen LogP contribution is 2.23. The van der Waals surface area contributed by atoms with Crippen LogP contribution in [-0.4, -0.2) is 52.3 Å². The number of carboxylic acid groups (broad SMARTS) is 2. The molecule has 0 bridgehead atoms. The van der Waals surface area contributed by atoms with Gasteiger partial charge in [-0.2, -0.15) is 0 Å². The van der Waals surface area contributed by atoms with Crippen molar-refractivity contribution in [1.29, 1.82) is 0 Å². The molecular formula is C10H13N3O5. The van der Waals surface area contributed by atoms with E-state index in [-0.39, 0.29) is 11.7 Å². The van der Waals surface area contributed by atoms with Gasteiger partial charge in [0.1, 0.15) is 25.2 Å². The molecule has 0 aromatic carbocycles. The lowest BCUT2D eigenvalue weighted by Crippen LogP contribution is -2.35. The van der Waals surface area contributed by atoms with Gasteiger partial charge < -0.3 is 19.8 Å². The summed E-state index contributed by atoms with van der Waals surface area (Å²) in [5.74, 6) is -1.78. The van der Waals surface area contributed by atoms with Gasteiger partial charge in [0.2, 0.25) is 5.88 Å². The third kappa shape index (κ3) is 3.30. The van der Waals surface area contributed by atoms with Gasteiger partial charge in [-0.15, -0.1) is 0 Å². The van der Waals surface area contributed by atoms with Gasteiger partial charge in [0.05, 0.1) is 12.7 Å². The molecule has 0 fully saturated rings. The van der Waals surface area contributed by atoms with Crippen LogP contribution in [0.4, 0.5) is 5.82 Å². The lowest BCUT2D eigenvalue weighted by molar-refractivity contribution is -0.136. The fourth-order valence-corrected chi connectivity index (χ4v) is 1.48. The van der Waals surface area contributed by atoms with Crippen LogP contribution in [0, 0.1) is 6.92 Å². The molecule has 0 spiro atoms. The van der Waals surface area contributed by atoms with Crippen LogP contribution in [0.15, 0.2) is 6.33 Å². The molecule has 0 atom stereocenters. The van der Waals surface area contributed by atoms with E-state index in [0.29, 0.717) is 5.56 Å². The summed E-state index contributed by atoms with van der Waals surface area (Å²) in [7, 11) is 1.41. The molecule has 8 heteroatoms. The molecule has 2 N–H and O–H groups in total. The summed E-state index contributed by atoms with van der Waals surface area (Å²) >= 11 is 0. The standard InChI is InChI=1S/C10H13N3O5/c1-6-9(11-5-12-10(6)18-2)13(3-7(14)15)4-8(16)17/h5H,3-4H2,1-2H3,(H,14,15)(H,16,17). The topological polar surface area (TPSA) is 113 Å². The van der Waals surface area contributed by atoms with Crippen LogP contribution in [0.3, 0.4) is 0 Å². The Bertz CT molecular complexity index is 447. The van der Waals surface area contributed by atoms with Gasteiger partial charge in [0.25, 0.3) is 0 Å². The first-order valence-electron chi connectivity index (χ1n) is 4.99. The predicted octanol–water partition coefficient (Wildman–Crippen LogP) is -0.231. The van der Waals surface area contributed by atoms with Crippen LogP contribution in [0.1, 0.15) is 5.56 Å². The Kier molecular flexibility index (Phi) is 4.41. The fraction of sp³-hybridized carbons (Fsp3) is 0.400. The molecule has 1 rings (SSSR count). The number of aromatic nitrogens is 2. The van der Waals surface area contributed by atoms with Crippen LogP contribution in [0.2, 0.25) is 0 Å². The van der Waals surface area contributed by atoms with Gasteiger partial charge in [-0.3, -0.25) is 9.59 Å². The molecule has 1 aromatic heterocycles. The number of ether oxygens (including phenoxy) is 1. The molecule has 0 saturated carbocycles. The number of methoxy groups -OCH3 is 1. The Hall–Kier alpha value is -2.38. The van der Waals surface area contributed by atoms with Crippen molar-refractivity contribution in [2.45, 2.75) is 6.92 Å². The first kappa shape index (κ1) is 13.7. The monoisotopic (exact) mass is 255 g/mol. The Morgan fingerprint density at radius 3 is 2.28 bits per heavy atom. The highest BCUT2D eigenvalue weighted by atomic mass is 16.5. The van der Waals surface area contributed by atoms with E-state index in [2.05, 4.69) is 9.97 Å².